The van der Waals surface area contributed by atoms with E-state index in [4.69, 9.17) is 67.1 Å². The molecule has 25 nitrogen and oxygen atoms in total. The molecular formula is C63H87N7O18S. The number of aromatic nitrogens is 1. The number of azide groups is 1. The first-order valence-electron chi connectivity index (χ1n) is 31.4. The molecule has 0 unspecified atom stereocenters. The van der Waals surface area contributed by atoms with Crippen LogP contribution in [-0.4, -0.2) is 201 Å². The Labute approximate surface area is 520 Å². The zero-order chi connectivity index (χ0) is 62.7. The van der Waals surface area contributed by atoms with E-state index >= 15 is 0 Å². The number of Topliss-reactive ketones (excluding diaryl/α,β-unsaturated/α-hetero) is 1. The van der Waals surface area contributed by atoms with Crippen LogP contribution in [0, 0.1) is 23.2 Å². The number of sulfonamides is 1. The summed E-state index contributed by atoms with van der Waals surface area (Å²) in [4.78, 5) is 34.4. The molecule has 10 rings (SSSR count). The van der Waals surface area contributed by atoms with Gasteiger partial charge in [-0.3, -0.25) is 9.10 Å². The topological polar surface area (TPSA) is 309 Å². The number of carbonyl (C=O) groups is 2. The van der Waals surface area contributed by atoms with Gasteiger partial charge in [0, 0.05) is 89.3 Å². The summed E-state index contributed by atoms with van der Waals surface area (Å²) in [5, 5.41) is 26.6. The Morgan fingerprint density at radius 3 is 2.35 bits per heavy atom. The summed E-state index contributed by atoms with van der Waals surface area (Å²) in [5.74, 6) is -1.14. The Balaban J connectivity index is 0.758. The van der Waals surface area contributed by atoms with Gasteiger partial charge in [0.1, 0.15) is 30.7 Å². The van der Waals surface area contributed by atoms with E-state index in [0.29, 0.717) is 50.7 Å². The maximum atomic E-state index is 14.5. The molecule has 89 heavy (non-hydrogen) atoms. The molecule has 0 saturated carbocycles. The number of anilines is 1. The third kappa shape index (κ3) is 16.7. The van der Waals surface area contributed by atoms with Crippen molar-refractivity contribution < 1.29 is 84.7 Å². The molecule has 1 spiro atoms. The molecule has 0 radical (unpaired) electrons. The van der Waals surface area contributed by atoms with Crippen molar-refractivity contribution in [3.05, 3.63) is 88.5 Å². The largest absolute Gasteiger partial charge is 0.445 e. The lowest BCUT2D eigenvalue weighted by Gasteiger charge is -2.47. The van der Waals surface area contributed by atoms with Crippen molar-refractivity contribution in [1.29, 1.82) is 5.26 Å². The average molecular weight is 1260 g/mol. The van der Waals surface area contributed by atoms with E-state index in [2.05, 4.69) is 40.4 Å². The highest BCUT2D eigenvalue weighted by Gasteiger charge is 2.60. The van der Waals surface area contributed by atoms with Gasteiger partial charge in [-0.25, -0.2) is 9.78 Å². The fourth-order valence-electron chi connectivity index (χ4n) is 14.1. The Kier molecular flexibility index (Phi) is 23.2. The number of hydrogen-bond donors (Lipinski definition) is 2. The lowest BCUT2D eigenvalue weighted by molar-refractivity contribution is -0.277. The zero-order valence-electron chi connectivity index (χ0n) is 51.2. The number of amides is 1. The predicted molar refractivity (Wildman–Crippen MR) is 319 cm³/mol. The first-order chi connectivity index (χ1) is 43.0. The SMILES string of the molecule is C=C1C[C@@H]2CC[C@]34C[C@@H](OC)[C@H](O3)[C@H]3C[C@@H](O4)[C@H]4O[C@H](CC[C@@H]4O3)CC(=O)C[C@@H]3[C@@H](OC)[C@@H](C[C@H](O)CNC(=O)OCc4ccc(N(CCOCCOCCOCCN=[N+]=[N-])S(=O)(=O)c5ccc(C#N)cn5)cc4)O[C@H]3C[C@H]3O[C@@H](CC[C@@H]1O2)C[C@@H](C)C3=C. The second-order valence-electron chi connectivity index (χ2n) is 24.7. The van der Waals surface area contributed by atoms with Crippen LogP contribution in [0.25, 0.3) is 10.4 Å². The lowest BCUT2D eigenvalue weighted by atomic mass is 9.81. The van der Waals surface area contributed by atoms with E-state index in [1.54, 1.807) is 38.5 Å². The predicted octanol–water partition coefficient (Wildman–Crippen LogP) is 6.87. The van der Waals surface area contributed by atoms with Crippen molar-refractivity contribution in [1.82, 2.24) is 10.3 Å². The number of carbonyl (C=O) groups excluding carboxylic acids is 2. The highest BCUT2D eigenvalue weighted by Crippen LogP contribution is 2.50. The van der Waals surface area contributed by atoms with Gasteiger partial charge < -0.3 is 72.0 Å². The molecule has 8 fully saturated rings. The number of aliphatic hydroxyl groups excluding tert-OH is 1. The van der Waals surface area contributed by atoms with Crippen LogP contribution in [0.2, 0.25) is 0 Å². The molecule has 1 aromatic heterocycles. The second-order valence-corrected chi connectivity index (χ2v) is 26.5. The lowest BCUT2D eigenvalue weighted by Crippen LogP contribution is -2.58. The maximum absolute atomic E-state index is 14.5. The van der Waals surface area contributed by atoms with Crippen LogP contribution in [0.1, 0.15) is 108 Å². The highest BCUT2D eigenvalue weighted by molar-refractivity contribution is 7.92. The minimum Gasteiger partial charge on any atom is -0.445 e. The summed E-state index contributed by atoms with van der Waals surface area (Å²) in [5.41, 5.74) is 11.4. The van der Waals surface area contributed by atoms with Gasteiger partial charge >= 0.3 is 6.09 Å². The molecule has 18 atom stereocenters. The van der Waals surface area contributed by atoms with Gasteiger partial charge in [-0.15, -0.1) is 0 Å². The molecule has 9 heterocycles. The van der Waals surface area contributed by atoms with Gasteiger partial charge in [0.05, 0.1) is 137 Å². The smallest absolute Gasteiger partial charge is 0.407 e. The molecule has 2 aromatic rings. The number of methoxy groups -OCH3 is 2. The molecule has 1 aromatic carbocycles. The summed E-state index contributed by atoms with van der Waals surface area (Å²) in [7, 11) is -0.931. The molecular weight excluding hydrogens is 1170 g/mol. The van der Waals surface area contributed by atoms with Crippen LogP contribution in [0.4, 0.5) is 10.5 Å². The van der Waals surface area contributed by atoms with Gasteiger partial charge in [-0.2, -0.15) is 13.7 Å². The number of fused-ring (bicyclic) bond motifs is 9. The molecule has 8 aliphatic heterocycles. The molecule has 1 amide bonds. The van der Waals surface area contributed by atoms with Crippen molar-refractivity contribution in [2.75, 3.05) is 77.8 Å². The van der Waals surface area contributed by atoms with E-state index in [1.807, 2.05) is 6.07 Å². The van der Waals surface area contributed by atoms with E-state index in [9.17, 15) is 28.4 Å². The number of rotatable bonds is 23. The third-order valence-corrected chi connectivity index (χ3v) is 20.4. The third-order valence-electron chi connectivity index (χ3n) is 18.7. The second kappa shape index (κ2) is 31.0. The average Bonchev–Trinajstić information content (AvgIpc) is 1.68. The van der Waals surface area contributed by atoms with Crippen LogP contribution in [0.3, 0.4) is 0 Å². The van der Waals surface area contributed by atoms with Crippen LogP contribution >= 0.6 is 0 Å². The quantitative estimate of drug-likeness (QED) is 0.0377. The Bertz CT molecular complexity index is 2930. The van der Waals surface area contributed by atoms with Crippen molar-refractivity contribution in [2.45, 2.75) is 206 Å². The molecule has 0 aliphatic carbocycles. The van der Waals surface area contributed by atoms with Crippen LogP contribution < -0.4 is 9.62 Å². The molecule has 8 aliphatic rings. The molecule has 10 bridgehead atoms. The van der Waals surface area contributed by atoms with Crippen molar-refractivity contribution >= 4 is 27.6 Å². The van der Waals surface area contributed by atoms with Gasteiger partial charge in [-0.05, 0) is 97.4 Å². The number of aliphatic hydroxyl groups is 1. The normalized spacial score (nSPS) is 34.1. The van der Waals surface area contributed by atoms with E-state index in [0.717, 1.165) is 47.6 Å². The van der Waals surface area contributed by atoms with E-state index in [-0.39, 0.29) is 174 Å². The minimum absolute atomic E-state index is 0.00162. The summed E-state index contributed by atoms with van der Waals surface area (Å²) in [6.07, 6.45) is 2.78. The number of pyridine rings is 1. The fourth-order valence-corrected chi connectivity index (χ4v) is 15.5. The molecule has 488 valence electrons. The van der Waals surface area contributed by atoms with Crippen LogP contribution in [0.5, 0.6) is 0 Å². The molecule has 26 heteroatoms. The highest BCUT2D eigenvalue weighted by atomic mass is 32.2. The van der Waals surface area contributed by atoms with E-state index < -0.39 is 52.2 Å². The van der Waals surface area contributed by atoms with Crippen LogP contribution in [-0.2, 0) is 83.0 Å². The van der Waals surface area contributed by atoms with Gasteiger partial charge in [0.25, 0.3) is 10.0 Å². The Morgan fingerprint density at radius 2 is 1.61 bits per heavy atom. The number of alkyl carbamates (subject to hydrolysis) is 1. The van der Waals surface area contributed by atoms with E-state index in [1.165, 1.54) is 18.3 Å². The number of benzene rings is 1. The summed E-state index contributed by atoms with van der Waals surface area (Å²) >= 11 is 0. The number of ether oxygens (including phenoxy) is 13. The Morgan fingerprint density at radius 1 is 0.854 bits per heavy atom. The summed E-state index contributed by atoms with van der Waals surface area (Å²) in [6, 6.07) is 10.9. The van der Waals surface area contributed by atoms with Gasteiger partial charge in [-0.1, -0.05) is 37.3 Å². The number of nitrogens with zero attached hydrogens (tertiary/aromatic N) is 6. The van der Waals surface area contributed by atoms with Gasteiger partial charge in [0.2, 0.25) is 0 Å². The monoisotopic (exact) mass is 1260 g/mol. The zero-order valence-corrected chi connectivity index (χ0v) is 52.0. The molecule has 8 saturated heterocycles. The molecule has 2 N–H and O–H groups in total. The first-order valence-corrected chi connectivity index (χ1v) is 32.9. The van der Waals surface area contributed by atoms with Crippen molar-refractivity contribution in [3.63, 3.8) is 0 Å². The standard InChI is InChI=1S/C63H87N7O18S/c1-38-26-46-11-13-50-39(2)27-48(82-50)16-17-63-33-57(76-4)61(88-63)55-32-56(87-63)60-51(85-55)14-12-47(84-60)28-44(71)29-49-53(31-52(83-46)40(38)3)86-54(59(49)77-5)30-45(72)36-67-62(73)81-37-41-6-9-43(10-7-41)70(89(74,75)58-15-8-42(34-64)35-66-58)19-21-79-23-25-80-24-22-78-20-18-68-69-65/h6-10,15,35,38,45-57,59-61,72H,2-3,11-14,16-33,36-37H2,1,4-5H3,(H,67,73)/t38-,45+,46+,47-,48+,49+,50+,51+,52-,53+,54-,55-,56-,57-,59-,60+,61-,63-/m1/s1. The summed E-state index contributed by atoms with van der Waals surface area (Å²) in [6.45, 7) is 12.2. The number of ketones is 1. The first kappa shape index (κ1) is 66.7. The van der Waals surface area contributed by atoms with Gasteiger partial charge in [0.15, 0.2) is 10.8 Å². The van der Waals surface area contributed by atoms with Crippen molar-refractivity contribution in [2.24, 2.45) is 17.0 Å². The fraction of sp³-hybridized carbons (Fsp3) is 0.714. The van der Waals surface area contributed by atoms with Crippen LogP contribution in [0.15, 0.2) is 77.0 Å². The Hall–Kier alpha value is -5.18. The number of nitrogens with one attached hydrogen (secondary N) is 1. The summed E-state index contributed by atoms with van der Waals surface area (Å²) < 4.78 is 111. The number of hydrogen-bond acceptors (Lipinski definition) is 21. The maximum Gasteiger partial charge on any atom is 0.407 e. The number of nitriles is 1. The minimum atomic E-state index is -4.24. The van der Waals surface area contributed by atoms with Crippen molar-refractivity contribution in [3.8, 4) is 6.07 Å².